The molecule has 0 aromatic carbocycles. The van der Waals surface area contributed by atoms with Crippen molar-refractivity contribution in [2.75, 3.05) is 0 Å². The molecule has 1 aliphatic carbocycles. The van der Waals surface area contributed by atoms with Gasteiger partial charge in [0.05, 0.1) is 0 Å². The zero-order chi connectivity index (χ0) is 12.3. The summed E-state index contributed by atoms with van der Waals surface area (Å²) in [5.74, 6) is 2.07. The first-order valence-corrected chi connectivity index (χ1v) is 8.33. The summed E-state index contributed by atoms with van der Waals surface area (Å²) in [6, 6.07) is 0. The van der Waals surface area contributed by atoms with Gasteiger partial charge in [-0.3, -0.25) is 0 Å². The summed E-state index contributed by atoms with van der Waals surface area (Å²) < 4.78 is 0. The first kappa shape index (κ1) is 18.0. The third-order valence-corrected chi connectivity index (χ3v) is 4.51. The molecule has 0 radical (unpaired) electrons. The van der Waals surface area contributed by atoms with Gasteiger partial charge in [-0.2, -0.15) is 0 Å². The molecule has 0 nitrogen and oxygen atoms in total. The lowest BCUT2D eigenvalue weighted by molar-refractivity contribution is 0.285. The summed E-state index contributed by atoms with van der Waals surface area (Å²) in [7, 11) is 0. The Balaban J connectivity index is 0.00000289. The minimum absolute atomic E-state index is 0. The fourth-order valence-electron chi connectivity index (χ4n) is 3.38. The van der Waals surface area contributed by atoms with E-state index in [4.69, 9.17) is 0 Å². The lowest BCUT2D eigenvalue weighted by Gasteiger charge is -2.24. The molecule has 0 N–H and O–H groups in total. The number of hydrogen-bond acceptors (Lipinski definition) is 0. The molecule has 0 aliphatic heterocycles. The molecule has 0 aromatic heterocycles. The Morgan fingerprint density at radius 1 is 0.889 bits per heavy atom. The minimum atomic E-state index is 0. The molecule has 110 valence electrons. The summed E-state index contributed by atoms with van der Waals surface area (Å²) in [6.07, 6.45) is 19.3. The van der Waals surface area contributed by atoms with Gasteiger partial charge in [-0.05, 0) is 18.3 Å². The molecule has 1 aliphatic rings. The summed E-state index contributed by atoms with van der Waals surface area (Å²) in [4.78, 5) is 0. The number of rotatable bonds is 9. The second-order valence-corrected chi connectivity index (χ2v) is 6.40. The molecular weight excluding hydrogens is 216 g/mol. The third kappa shape index (κ3) is 9.00. The van der Waals surface area contributed by atoms with Gasteiger partial charge in [0.25, 0.3) is 0 Å². The predicted octanol–water partition coefficient (Wildman–Crippen LogP) is 6.98. The van der Waals surface area contributed by atoms with Crippen LogP contribution in [0.15, 0.2) is 0 Å². The molecule has 0 heteroatoms. The second-order valence-electron chi connectivity index (χ2n) is 6.40. The molecule has 0 spiro atoms. The molecule has 1 unspecified atom stereocenters. The van der Waals surface area contributed by atoms with Crippen LogP contribution in [0.3, 0.4) is 0 Å². The molecular formula is C18H38. The van der Waals surface area contributed by atoms with E-state index in [0.717, 1.165) is 11.8 Å². The average molecular weight is 255 g/mol. The van der Waals surface area contributed by atoms with Gasteiger partial charge in [-0.25, -0.2) is 0 Å². The van der Waals surface area contributed by atoms with Gasteiger partial charge in [0.1, 0.15) is 0 Å². The van der Waals surface area contributed by atoms with Crippen LogP contribution >= 0.6 is 0 Å². The Hall–Kier alpha value is 0. The maximum absolute atomic E-state index is 2.49. The van der Waals surface area contributed by atoms with Crippen molar-refractivity contribution < 1.29 is 0 Å². The molecule has 1 rings (SSSR count). The van der Waals surface area contributed by atoms with Crippen LogP contribution in [0.25, 0.3) is 0 Å². The van der Waals surface area contributed by atoms with E-state index < -0.39 is 0 Å². The van der Waals surface area contributed by atoms with Crippen LogP contribution in [0, 0.1) is 11.8 Å². The molecule has 0 aromatic rings. The zero-order valence-electron chi connectivity index (χ0n) is 12.3. The molecule has 1 fully saturated rings. The van der Waals surface area contributed by atoms with Crippen molar-refractivity contribution in [3.63, 3.8) is 0 Å². The van der Waals surface area contributed by atoms with Crippen molar-refractivity contribution in [3.05, 3.63) is 0 Å². The lowest BCUT2D eigenvalue weighted by atomic mass is 9.82. The summed E-state index contributed by atoms with van der Waals surface area (Å²) in [6.45, 7) is 4.78. The lowest BCUT2D eigenvalue weighted by Crippen LogP contribution is -2.10. The summed E-state index contributed by atoms with van der Waals surface area (Å²) in [5, 5.41) is 0. The quantitative estimate of drug-likeness (QED) is 0.389. The Bertz CT molecular complexity index is 155. The fraction of sp³-hybridized carbons (Fsp3) is 1.00. The van der Waals surface area contributed by atoms with Crippen molar-refractivity contribution in [2.45, 2.75) is 105 Å². The van der Waals surface area contributed by atoms with Crippen molar-refractivity contribution in [2.24, 2.45) is 11.8 Å². The van der Waals surface area contributed by atoms with Gasteiger partial charge >= 0.3 is 0 Å². The Labute approximate surface area is 117 Å². The molecule has 0 heterocycles. The van der Waals surface area contributed by atoms with E-state index in [9.17, 15) is 0 Å². The van der Waals surface area contributed by atoms with Crippen LogP contribution in [-0.4, -0.2) is 0 Å². The van der Waals surface area contributed by atoms with E-state index in [0.29, 0.717) is 0 Å². The van der Waals surface area contributed by atoms with Crippen LogP contribution in [0.2, 0.25) is 0 Å². The Morgan fingerprint density at radius 3 is 2.17 bits per heavy atom. The molecule has 0 bridgehead atoms. The van der Waals surface area contributed by atoms with E-state index in [-0.39, 0.29) is 7.43 Å². The van der Waals surface area contributed by atoms with E-state index in [1.165, 1.54) is 83.5 Å². The summed E-state index contributed by atoms with van der Waals surface area (Å²) in [5.41, 5.74) is 0. The van der Waals surface area contributed by atoms with Gasteiger partial charge in [-0.1, -0.05) is 98.3 Å². The monoisotopic (exact) mass is 254 g/mol. The Morgan fingerprint density at radius 2 is 1.50 bits per heavy atom. The van der Waals surface area contributed by atoms with E-state index in [1.807, 2.05) is 0 Å². The second kappa shape index (κ2) is 12.1. The van der Waals surface area contributed by atoms with Gasteiger partial charge in [0.15, 0.2) is 0 Å². The molecule has 0 amide bonds. The van der Waals surface area contributed by atoms with Crippen LogP contribution in [-0.2, 0) is 0 Å². The smallest absolute Gasteiger partial charge is 0.0412 e. The van der Waals surface area contributed by atoms with E-state index >= 15 is 0 Å². The van der Waals surface area contributed by atoms with Crippen molar-refractivity contribution in [3.8, 4) is 0 Å². The highest BCUT2D eigenvalue weighted by Crippen LogP contribution is 2.30. The summed E-state index contributed by atoms with van der Waals surface area (Å²) >= 11 is 0. The highest BCUT2D eigenvalue weighted by Gasteiger charge is 2.15. The Kier molecular flexibility index (Phi) is 12.1. The van der Waals surface area contributed by atoms with Gasteiger partial charge in [0.2, 0.25) is 0 Å². The highest BCUT2D eigenvalue weighted by molar-refractivity contribution is 4.68. The van der Waals surface area contributed by atoms with Gasteiger partial charge in [-0.15, -0.1) is 0 Å². The van der Waals surface area contributed by atoms with Crippen LogP contribution in [0.1, 0.15) is 105 Å². The third-order valence-electron chi connectivity index (χ3n) is 4.51. The van der Waals surface area contributed by atoms with Crippen molar-refractivity contribution in [1.29, 1.82) is 0 Å². The predicted molar refractivity (Wildman–Crippen MR) is 85.1 cm³/mol. The largest absolute Gasteiger partial charge is 0.0776 e. The normalized spacial score (nSPS) is 18.3. The maximum atomic E-state index is 2.49. The first-order valence-electron chi connectivity index (χ1n) is 8.33. The SMILES string of the molecule is C.CCCCCCCCC(C)CC1CCCCC1. The molecule has 18 heavy (non-hydrogen) atoms. The zero-order valence-corrected chi connectivity index (χ0v) is 12.3. The van der Waals surface area contributed by atoms with E-state index in [1.54, 1.807) is 0 Å². The van der Waals surface area contributed by atoms with Crippen LogP contribution in [0.4, 0.5) is 0 Å². The maximum Gasteiger partial charge on any atom is -0.0412 e. The molecule has 1 saturated carbocycles. The van der Waals surface area contributed by atoms with Crippen LogP contribution < -0.4 is 0 Å². The number of hydrogen-bond donors (Lipinski definition) is 0. The van der Waals surface area contributed by atoms with Crippen LogP contribution in [0.5, 0.6) is 0 Å². The molecule has 0 saturated heterocycles. The topological polar surface area (TPSA) is 0 Å². The molecule has 1 atom stereocenters. The highest BCUT2D eigenvalue weighted by atomic mass is 14.2. The standard InChI is InChI=1S/C17H34.CH4/c1-3-4-5-6-7-9-12-16(2)15-17-13-10-8-11-14-17;/h16-17H,3-15H2,1-2H3;1H4. The average Bonchev–Trinajstić information content (AvgIpc) is 2.35. The van der Waals surface area contributed by atoms with Gasteiger partial charge < -0.3 is 0 Å². The first-order chi connectivity index (χ1) is 8.33. The fourth-order valence-corrected chi connectivity index (χ4v) is 3.38. The number of unbranched alkanes of at least 4 members (excludes halogenated alkanes) is 5. The van der Waals surface area contributed by atoms with E-state index in [2.05, 4.69) is 13.8 Å². The van der Waals surface area contributed by atoms with Gasteiger partial charge in [0, 0.05) is 0 Å². The van der Waals surface area contributed by atoms with Crippen molar-refractivity contribution in [1.82, 2.24) is 0 Å². The minimum Gasteiger partial charge on any atom is -0.0776 e. The van der Waals surface area contributed by atoms with Crippen molar-refractivity contribution >= 4 is 0 Å².